The van der Waals surface area contributed by atoms with Gasteiger partial charge in [-0.3, -0.25) is 0 Å². The first-order chi connectivity index (χ1) is 10.7. The van der Waals surface area contributed by atoms with Gasteiger partial charge in [-0.05, 0) is 34.1 Å². The monoisotopic (exact) mass is 490 g/mol. The van der Waals surface area contributed by atoms with Crippen LogP contribution in [0.1, 0.15) is 0 Å². The first kappa shape index (κ1) is 16.2. The van der Waals surface area contributed by atoms with Gasteiger partial charge in [-0.1, -0.05) is 31.9 Å². The van der Waals surface area contributed by atoms with Gasteiger partial charge in [-0.25, -0.2) is 4.98 Å². The van der Waals surface area contributed by atoms with Gasteiger partial charge < -0.3 is 14.4 Å². The molecule has 0 saturated carbocycles. The molecule has 1 aliphatic rings. The second kappa shape index (κ2) is 7.29. The quantitative estimate of drug-likeness (QED) is 0.421. The largest absolute Gasteiger partial charge is 0.451 e. The molecule has 4 nitrogen and oxygen atoms in total. The summed E-state index contributed by atoms with van der Waals surface area (Å²) in [7, 11) is 0. The lowest BCUT2D eigenvalue weighted by molar-refractivity contribution is 0.158. The van der Waals surface area contributed by atoms with Crippen molar-refractivity contribution in [3.63, 3.8) is 0 Å². The predicted octanol–water partition coefficient (Wildman–Crippen LogP) is 5.26. The van der Waals surface area contributed by atoms with E-state index in [0.717, 1.165) is 37.3 Å². The van der Waals surface area contributed by atoms with Crippen molar-refractivity contribution < 1.29 is 9.47 Å². The van der Waals surface area contributed by atoms with Crippen LogP contribution in [0.4, 0.5) is 11.5 Å². The Morgan fingerprint density at radius 2 is 1.91 bits per heavy atom. The first-order valence-electron chi connectivity index (χ1n) is 6.73. The van der Waals surface area contributed by atoms with Crippen LogP contribution >= 0.6 is 47.8 Å². The molecule has 0 radical (unpaired) electrons. The van der Waals surface area contributed by atoms with Crippen LogP contribution in [0, 0.1) is 0 Å². The van der Waals surface area contributed by atoms with E-state index >= 15 is 0 Å². The summed E-state index contributed by atoms with van der Waals surface area (Å²) < 4.78 is 13.4. The Bertz CT molecular complexity index is 630. The number of benzene rings is 1. The number of alkyl halides is 1. The summed E-state index contributed by atoms with van der Waals surface area (Å²) in [5.74, 6) is 2.35. The number of aromatic nitrogens is 1. The molecular formula is C15H13Br3N2O2. The fourth-order valence-electron chi connectivity index (χ4n) is 2.26. The van der Waals surface area contributed by atoms with Crippen LogP contribution in [-0.4, -0.2) is 30.1 Å². The van der Waals surface area contributed by atoms with E-state index in [-0.39, 0.29) is 0 Å². The molecule has 116 valence electrons. The van der Waals surface area contributed by atoms with Gasteiger partial charge >= 0.3 is 0 Å². The average molecular weight is 493 g/mol. The van der Waals surface area contributed by atoms with E-state index in [9.17, 15) is 0 Å². The van der Waals surface area contributed by atoms with Gasteiger partial charge in [-0.2, -0.15) is 0 Å². The van der Waals surface area contributed by atoms with Crippen molar-refractivity contribution in [1.29, 1.82) is 0 Å². The zero-order chi connectivity index (χ0) is 15.5. The van der Waals surface area contributed by atoms with Crippen molar-refractivity contribution in [3.8, 4) is 11.5 Å². The van der Waals surface area contributed by atoms with E-state index in [1.807, 2.05) is 24.3 Å². The van der Waals surface area contributed by atoms with Crippen LogP contribution in [0.3, 0.4) is 0 Å². The number of fused-ring (bicyclic) bond motifs is 2. The molecule has 0 N–H and O–H groups in total. The molecule has 22 heavy (non-hydrogen) atoms. The van der Waals surface area contributed by atoms with Gasteiger partial charge in [0.25, 0.3) is 0 Å². The number of ether oxygens (including phenoxy) is 2. The van der Waals surface area contributed by atoms with Crippen LogP contribution in [0.2, 0.25) is 0 Å². The molecule has 0 spiro atoms. The minimum absolute atomic E-state index is 0.623. The molecule has 1 aliphatic heterocycles. The lowest BCUT2D eigenvalue weighted by Gasteiger charge is -2.31. The smallest absolute Gasteiger partial charge is 0.176 e. The van der Waals surface area contributed by atoms with Crippen LogP contribution in [0.15, 0.2) is 39.4 Å². The Morgan fingerprint density at radius 1 is 1.09 bits per heavy atom. The zero-order valence-electron chi connectivity index (χ0n) is 11.6. The summed E-state index contributed by atoms with van der Waals surface area (Å²) in [5, 5.41) is 0.835. The highest BCUT2D eigenvalue weighted by atomic mass is 79.9. The summed E-state index contributed by atoms with van der Waals surface area (Å²) in [6, 6.07) is 7.92. The van der Waals surface area contributed by atoms with Gasteiger partial charge in [0.05, 0.1) is 18.9 Å². The summed E-state index contributed by atoms with van der Waals surface area (Å²) in [6.45, 7) is 2.03. The van der Waals surface area contributed by atoms with E-state index in [0.29, 0.717) is 19.8 Å². The number of hydrogen-bond donors (Lipinski definition) is 0. The lowest BCUT2D eigenvalue weighted by atomic mass is 10.2. The van der Waals surface area contributed by atoms with Crippen LogP contribution in [0.5, 0.6) is 11.5 Å². The molecule has 0 fully saturated rings. The zero-order valence-corrected chi connectivity index (χ0v) is 16.3. The molecule has 1 aromatic carbocycles. The molecule has 0 unspecified atom stereocenters. The Morgan fingerprint density at radius 3 is 2.73 bits per heavy atom. The summed E-state index contributed by atoms with van der Waals surface area (Å²) in [6.07, 6.45) is 1.78. The Balaban J connectivity index is 1.93. The molecule has 0 amide bonds. The molecule has 7 heteroatoms. The van der Waals surface area contributed by atoms with Gasteiger partial charge in [0, 0.05) is 33.1 Å². The van der Waals surface area contributed by atoms with Gasteiger partial charge in [0.2, 0.25) is 0 Å². The van der Waals surface area contributed by atoms with Gasteiger partial charge in [-0.15, -0.1) is 0 Å². The highest BCUT2D eigenvalue weighted by Gasteiger charge is 2.25. The Labute approximate surface area is 154 Å². The molecule has 2 heterocycles. The normalized spacial score (nSPS) is 12.6. The third kappa shape index (κ3) is 3.48. The number of pyridine rings is 1. The van der Waals surface area contributed by atoms with Gasteiger partial charge in [0.15, 0.2) is 17.3 Å². The third-order valence-corrected chi connectivity index (χ3v) is 4.42. The maximum Gasteiger partial charge on any atom is 0.176 e. The van der Waals surface area contributed by atoms with E-state index in [1.165, 1.54) is 0 Å². The second-order valence-electron chi connectivity index (χ2n) is 4.64. The molecule has 1 aromatic heterocycles. The minimum Gasteiger partial charge on any atom is -0.451 e. The second-order valence-corrected chi connectivity index (χ2v) is 7.27. The maximum atomic E-state index is 5.98. The minimum atomic E-state index is 0.623. The average Bonchev–Trinajstić information content (AvgIpc) is 2.50. The third-order valence-electron chi connectivity index (χ3n) is 3.17. The first-order valence-corrected chi connectivity index (χ1v) is 9.44. The Hall–Kier alpha value is -0.630. The molecule has 0 aliphatic carbocycles. The lowest BCUT2D eigenvalue weighted by Crippen LogP contribution is -2.26. The summed E-state index contributed by atoms with van der Waals surface area (Å²) in [5.41, 5.74) is 0.993. The number of rotatable bonds is 5. The van der Waals surface area contributed by atoms with E-state index in [2.05, 4.69) is 57.7 Å². The van der Waals surface area contributed by atoms with Crippen molar-refractivity contribution in [3.05, 3.63) is 39.4 Å². The molecular weight excluding hydrogens is 480 g/mol. The summed E-state index contributed by atoms with van der Waals surface area (Å²) >= 11 is 10.3. The molecule has 0 bridgehead atoms. The van der Waals surface area contributed by atoms with Crippen LogP contribution in [-0.2, 0) is 4.74 Å². The maximum absolute atomic E-state index is 5.98. The van der Waals surface area contributed by atoms with Crippen molar-refractivity contribution in [2.24, 2.45) is 0 Å². The fraction of sp³-hybridized carbons (Fsp3) is 0.267. The Kier molecular flexibility index (Phi) is 5.38. The number of nitrogens with zero attached hydrogens (tertiary/aromatic N) is 2. The standard InChI is InChI=1S/C15H13Br3N2O2/c16-3-5-21-6-4-20-12-2-1-10(17)7-13(12)22-14-8-11(18)9-19-15(14)20/h1-2,7-9H,3-6H2. The van der Waals surface area contributed by atoms with E-state index in [1.54, 1.807) is 6.20 Å². The molecule has 3 rings (SSSR count). The van der Waals surface area contributed by atoms with Crippen LogP contribution < -0.4 is 9.64 Å². The van der Waals surface area contributed by atoms with E-state index in [4.69, 9.17) is 9.47 Å². The van der Waals surface area contributed by atoms with Crippen molar-refractivity contribution in [1.82, 2.24) is 4.98 Å². The van der Waals surface area contributed by atoms with Crippen molar-refractivity contribution in [2.45, 2.75) is 0 Å². The number of anilines is 2. The van der Waals surface area contributed by atoms with Gasteiger partial charge in [0.1, 0.15) is 0 Å². The van der Waals surface area contributed by atoms with Crippen molar-refractivity contribution in [2.75, 3.05) is 30.0 Å². The number of halogens is 3. The predicted molar refractivity (Wildman–Crippen MR) is 97.8 cm³/mol. The molecule has 0 saturated heterocycles. The number of hydrogen-bond acceptors (Lipinski definition) is 4. The summed E-state index contributed by atoms with van der Waals surface area (Å²) in [4.78, 5) is 6.62. The van der Waals surface area contributed by atoms with Crippen LogP contribution in [0.25, 0.3) is 0 Å². The topological polar surface area (TPSA) is 34.6 Å². The SMILES string of the molecule is BrCCOCCN1c2ccc(Br)cc2Oc2cc(Br)cnc21. The highest BCUT2D eigenvalue weighted by molar-refractivity contribution is 9.10. The molecule has 0 atom stereocenters. The van der Waals surface area contributed by atoms with Crippen molar-refractivity contribution >= 4 is 59.3 Å². The highest BCUT2D eigenvalue weighted by Crippen LogP contribution is 2.46. The molecule has 2 aromatic rings. The van der Waals surface area contributed by atoms with E-state index < -0.39 is 0 Å². The fourth-order valence-corrected chi connectivity index (χ4v) is 3.13.